The van der Waals surface area contributed by atoms with E-state index in [1.54, 1.807) is 12.3 Å². The van der Waals surface area contributed by atoms with Crippen LogP contribution in [0.15, 0.2) is 23.1 Å². The van der Waals surface area contributed by atoms with E-state index in [1.807, 2.05) is 0 Å². The third kappa shape index (κ3) is 0.993. The highest BCUT2D eigenvalue weighted by Gasteiger charge is 2.11. The normalized spacial score (nSPS) is 14.5. The Morgan fingerprint density at radius 3 is 2.92 bits per heavy atom. The van der Waals surface area contributed by atoms with Crippen molar-refractivity contribution in [1.29, 1.82) is 0 Å². The van der Waals surface area contributed by atoms with E-state index >= 15 is 0 Å². The van der Waals surface area contributed by atoms with Gasteiger partial charge in [-0.15, -0.1) is 0 Å². The number of aromatic nitrogens is 1. The van der Waals surface area contributed by atoms with Gasteiger partial charge < -0.3 is 4.98 Å². The summed E-state index contributed by atoms with van der Waals surface area (Å²) in [6, 6.07) is 1.46. The molecule has 60 valence electrons. The van der Waals surface area contributed by atoms with Crippen LogP contribution in [0.3, 0.4) is 0 Å². The van der Waals surface area contributed by atoms with Gasteiger partial charge in [-0.3, -0.25) is 9.59 Å². The number of hydrogen-bond donors (Lipinski definition) is 1. The number of pyridine rings is 1. The van der Waals surface area contributed by atoms with Crippen molar-refractivity contribution in [3.05, 3.63) is 39.8 Å². The summed E-state index contributed by atoms with van der Waals surface area (Å²) in [6.07, 6.45) is 4.88. The summed E-state index contributed by atoms with van der Waals surface area (Å²) in [5.74, 6) is 0.0318. The lowest BCUT2D eigenvalue weighted by Crippen LogP contribution is -2.15. The summed E-state index contributed by atoms with van der Waals surface area (Å²) in [6.45, 7) is 0. The van der Waals surface area contributed by atoms with Crippen molar-refractivity contribution in [3.8, 4) is 0 Å². The van der Waals surface area contributed by atoms with Gasteiger partial charge in [0, 0.05) is 23.5 Å². The van der Waals surface area contributed by atoms with E-state index in [0.29, 0.717) is 12.0 Å². The first-order valence-electron chi connectivity index (χ1n) is 3.69. The summed E-state index contributed by atoms with van der Waals surface area (Å²) in [7, 11) is 0. The molecule has 3 nitrogen and oxygen atoms in total. The number of fused-ring (bicyclic) bond motifs is 1. The molecule has 12 heavy (non-hydrogen) atoms. The number of nitrogens with one attached hydrogen (secondary N) is 1. The first-order chi connectivity index (χ1) is 5.77. The second-order valence-electron chi connectivity index (χ2n) is 2.71. The maximum absolute atomic E-state index is 11.2. The number of aromatic amines is 1. The van der Waals surface area contributed by atoms with Gasteiger partial charge in [-0.25, -0.2) is 0 Å². The Kier molecular flexibility index (Phi) is 1.43. The van der Waals surface area contributed by atoms with E-state index in [9.17, 15) is 9.59 Å². The molecule has 3 heteroatoms. The van der Waals surface area contributed by atoms with Crippen LogP contribution in [0.4, 0.5) is 0 Å². The second kappa shape index (κ2) is 2.44. The molecule has 1 aliphatic rings. The molecular weight excluding hydrogens is 154 g/mol. The quantitative estimate of drug-likeness (QED) is 0.602. The topological polar surface area (TPSA) is 49.9 Å². The minimum atomic E-state index is -0.0347. The number of carbonyl (C=O) groups excluding carboxylic acids is 1. The number of carbonyl (C=O) groups is 1. The third-order valence-corrected chi connectivity index (χ3v) is 1.87. The monoisotopic (exact) mass is 161 g/mol. The van der Waals surface area contributed by atoms with E-state index in [4.69, 9.17) is 0 Å². The highest BCUT2D eigenvalue weighted by Crippen LogP contribution is 2.09. The van der Waals surface area contributed by atoms with Crippen molar-refractivity contribution >= 4 is 11.9 Å². The van der Waals surface area contributed by atoms with Gasteiger partial charge in [0.2, 0.25) is 0 Å². The molecule has 0 saturated heterocycles. The highest BCUT2D eigenvalue weighted by molar-refractivity contribution is 5.97. The Bertz CT molecular complexity index is 415. The number of rotatable bonds is 0. The molecular formula is C9H7NO2. The van der Waals surface area contributed by atoms with E-state index < -0.39 is 0 Å². The molecule has 1 aromatic heterocycles. The number of ketones is 1. The lowest BCUT2D eigenvalue weighted by molar-refractivity contribution is -0.114. The lowest BCUT2D eigenvalue weighted by Gasteiger charge is -2.06. The van der Waals surface area contributed by atoms with Crippen molar-refractivity contribution in [2.24, 2.45) is 0 Å². The van der Waals surface area contributed by atoms with E-state index in [0.717, 1.165) is 5.69 Å². The molecule has 0 spiro atoms. The van der Waals surface area contributed by atoms with Gasteiger partial charge in [-0.1, -0.05) is 0 Å². The number of H-pyrrole nitrogens is 1. The van der Waals surface area contributed by atoms with Gasteiger partial charge in [0.15, 0.2) is 11.2 Å². The smallest absolute Gasteiger partial charge is 0.189 e. The van der Waals surface area contributed by atoms with Crippen molar-refractivity contribution < 1.29 is 4.79 Å². The first-order valence-corrected chi connectivity index (χ1v) is 3.69. The Balaban J connectivity index is 2.68. The zero-order chi connectivity index (χ0) is 8.55. The minimum absolute atomic E-state index is 0.0318. The molecule has 0 radical (unpaired) electrons. The number of hydrogen-bond acceptors (Lipinski definition) is 2. The molecule has 1 N–H and O–H groups in total. The fraction of sp³-hybridized carbons (Fsp3) is 0.111. The Morgan fingerprint density at radius 2 is 2.08 bits per heavy atom. The molecule has 0 saturated carbocycles. The van der Waals surface area contributed by atoms with Gasteiger partial charge in [0.1, 0.15) is 0 Å². The van der Waals surface area contributed by atoms with Crippen LogP contribution in [0.2, 0.25) is 0 Å². The average Bonchev–Trinajstić information content (AvgIpc) is 2.04. The maximum Gasteiger partial charge on any atom is 0.189 e. The zero-order valence-corrected chi connectivity index (χ0v) is 6.33. The summed E-state index contributed by atoms with van der Waals surface area (Å²) in [5, 5.41) is 0. The molecule has 2 rings (SSSR count). The Labute approximate surface area is 68.7 Å². The molecule has 0 unspecified atom stereocenters. The fourth-order valence-electron chi connectivity index (χ4n) is 1.27. The summed E-state index contributed by atoms with van der Waals surface area (Å²) >= 11 is 0. The predicted molar refractivity (Wildman–Crippen MR) is 44.8 cm³/mol. The van der Waals surface area contributed by atoms with Gasteiger partial charge in [-0.2, -0.15) is 0 Å². The van der Waals surface area contributed by atoms with Gasteiger partial charge >= 0.3 is 0 Å². The Morgan fingerprint density at radius 1 is 1.25 bits per heavy atom. The van der Waals surface area contributed by atoms with Gasteiger partial charge in [0.05, 0.1) is 6.42 Å². The van der Waals surface area contributed by atoms with Crippen molar-refractivity contribution in [1.82, 2.24) is 4.98 Å². The van der Waals surface area contributed by atoms with E-state index in [2.05, 4.69) is 4.98 Å². The van der Waals surface area contributed by atoms with Crippen LogP contribution >= 0.6 is 0 Å². The molecule has 0 aliphatic heterocycles. The summed E-state index contributed by atoms with van der Waals surface area (Å²) < 4.78 is 0. The van der Waals surface area contributed by atoms with Crippen molar-refractivity contribution in [2.75, 3.05) is 0 Å². The number of allylic oxidation sites excluding steroid dienone is 1. The largest absolute Gasteiger partial charge is 0.364 e. The van der Waals surface area contributed by atoms with Crippen LogP contribution in [0.5, 0.6) is 0 Å². The van der Waals surface area contributed by atoms with Crippen LogP contribution < -0.4 is 5.43 Å². The van der Waals surface area contributed by atoms with Crippen molar-refractivity contribution in [3.63, 3.8) is 0 Å². The first kappa shape index (κ1) is 7.03. The van der Waals surface area contributed by atoms with Crippen LogP contribution in [-0.2, 0) is 11.2 Å². The van der Waals surface area contributed by atoms with Crippen LogP contribution in [0.25, 0.3) is 6.08 Å². The van der Waals surface area contributed by atoms with Crippen LogP contribution in [0, 0.1) is 0 Å². The van der Waals surface area contributed by atoms with Gasteiger partial charge in [-0.05, 0) is 12.2 Å². The average molecular weight is 161 g/mol. The van der Waals surface area contributed by atoms with E-state index in [1.165, 1.54) is 12.1 Å². The summed E-state index contributed by atoms with van der Waals surface area (Å²) in [4.78, 5) is 25.0. The standard InChI is InChI=1S/C9H7NO2/c11-6-1-2-7-8(5-6)10-4-3-9(7)12/h1-4H,5H2,(H,10,12). The SMILES string of the molecule is O=C1C=Cc2c([nH]ccc2=O)C1. The Hall–Kier alpha value is -1.64. The molecule has 1 heterocycles. The predicted octanol–water partition coefficient (Wildman–Crippen LogP) is 0.513. The van der Waals surface area contributed by atoms with Crippen LogP contribution in [0.1, 0.15) is 11.3 Å². The third-order valence-electron chi connectivity index (χ3n) is 1.87. The highest BCUT2D eigenvalue weighted by atomic mass is 16.1. The molecule has 0 aromatic carbocycles. The molecule has 1 aromatic rings. The molecule has 1 aliphatic carbocycles. The minimum Gasteiger partial charge on any atom is -0.364 e. The van der Waals surface area contributed by atoms with Gasteiger partial charge in [0.25, 0.3) is 0 Å². The van der Waals surface area contributed by atoms with E-state index in [-0.39, 0.29) is 11.2 Å². The fourth-order valence-corrected chi connectivity index (χ4v) is 1.27. The second-order valence-corrected chi connectivity index (χ2v) is 2.71. The molecule has 0 fully saturated rings. The van der Waals surface area contributed by atoms with Crippen LogP contribution in [-0.4, -0.2) is 10.8 Å². The van der Waals surface area contributed by atoms with Crippen molar-refractivity contribution in [2.45, 2.75) is 6.42 Å². The summed E-state index contributed by atoms with van der Waals surface area (Å²) in [5.41, 5.74) is 1.29. The molecule has 0 bridgehead atoms. The molecule has 0 amide bonds. The maximum atomic E-state index is 11.2. The molecule has 0 atom stereocenters. The lowest BCUT2D eigenvalue weighted by atomic mass is 10.0. The zero-order valence-electron chi connectivity index (χ0n) is 6.33.